The quantitative estimate of drug-likeness (QED) is 0.520. The molecule has 4 heteroatoms. The Kier molecular flexibility index (Phi) is 5.00. The lowest BCUT2D eigenvalue weighted by atomic mass is 9.88. The molecule has 2 aromatic rings. The number of ketones is 1. The van der Waals surface area contributed by atoms with Crippen LogP contribution in [0.4, 0.5) is 0 Å². The molecule has 2 unspecified atom stereocenters. The molecule has 2 nitrogen and oxygen atoms in total. The Balaban J connectivity index is 1.78. The number of likely N-dealkylation sites (N-methyl/N-ethyl adjacent to an activating group) is 1. The zero-order valence-electron chi connectivity index (χ0n) is 14.5. The molecule has 2 aliphatic rings. The van der Waals surface area contributed by atoms with Gasteiger partial charge in [0, 0.05) is 32.2 Å². The summed E-state index contributed by atoms with van der Waals surface area (Å²) in [6, 6.07) is 16.6. The number of hydrogen-bond donors (Lipinski definition) is 0. The second kappa shape index (κ2) is 7.26. The Morgan fingerprint density at radius 1 is 0.885 bits per heavy atom. The van der Waals surface area contributed by atoms with Crippen LogP contribution in [0, 0.1) is 0 Å². The van der Waals surface area contributed by atoms with Crippen molar-refractivity contribution in [1.29, 1.82) is 0 Å². The van der Waals surface area contributed by atoms with Gasteiger partial charge in [0.1, 0.15) is 0 Å². The molecule has 4 rings (SSSR count). The number of nitrogens with zero attached hydrogens (tertiary/aromatic N) is 1. The van der Waals surface area contributed by atoms with Gasteiger partial charge in [-0.25, -0.2) is 0 Å². The highest BCUT2D eigenvalue weighted by atomic mass is 79.9. The van der Waals surface area contributed by atoms with Gasteiger partial charge in [0.25, 0.3) is 0 Å². The van der Waals surface area contributed by atoms with Crippen LogP contribution in [0.1, 0.15) is 24.0 Å². The van der Waals surface area contributed by atoms with E-state index in [2.05, 4.69) is 68.1 Å². The predicted molar refractivity (Wildman–Crippen MR) is 114 cm³/mol. The number of hydrogen-bond acceptors (Lipinski definition) is 2. The molecule has 2 fully saturated rings. The fourth-order valence-electron chi connectivity index (χ4n) is 4.03. The predicted octanol–water partition coefficient (Wildman–Crippen LogP) is 5.72. The van der Waals surface area contributed by atoms with Crippen LogP contribution in [0.3, 0.4) is 0 Å². The molecule has 0 amide bonds. The van der Waals surface area contributed by atoms with Crippen molar-refractivity contribution in [2.75, 3.05) is 7.05 Å². The minimum absolute atomic E-state index is 0.190. The number of piperidine rings is 1. The lowest BCUT2D eigenvalue weighted by molar-refractivity contribution is -0.114. The zero-order valence-corrected chi connectivity index (χ0v) is 17.6. The summed E-state index contributed by atoms with van der Waals surface area (Å²) in [7, 11) is 2.14. The minimum atomic E-state index is 0.190. The lowest BCUT2D eigenvalue weighted by Crippen LogP contribution is -2.43. The van der Waals surface area contributed by atoms with Crippen molar-refractivity contribution in [2.45, 2.75) is 24.9 Å². The van der Waals surface area contributed by atoms with Gasteiger partial charge in [-0.05, 0) is 67.4 Å². The van der Waals surface area contributed by atoms with E-state index >= 15 is 0 Å². The third-order valence-corrected chi connectivity index (χ3v) is 6.27. The molecule has 132 valence electrons. The monoisotopic (exact) mass is 471 g/mol. The summed E-state index contributed by atoms with van der Waals surface area (Å²) < 4.78 is 2.05. The van der Waals surface area contributed by atoms with Crippen LogP contribution in [0.2, 0.25) is 0 Å². The number of benzene rings is 2. The van der Waals surface area contributed by atoms with E-state index in [0.29, 0.717) is 0 Å². The van der Waals surface area contributed by atoms with E-state index in [4.69, 9.17) is 0 Å². The molecule has 26 heavy (non-hydrogen) atoms. The molecule has 0 aliphatic carbocycles. The smallest absolute Gasteiger partial charge is 0.188 e. The van der Waals surface area contributed by atoms with Crippen LogP contribution in [-0.2, 0) is 4.79 Å². The molecule has 0 aromatic heterocycles. The Labute approximate surface area is 170 Å². The van der Waals surface area contributed by atoms with Gasteiger partial charge in [-0.15, -0.1) is 0 Å². The molecule has 2 aromatic carbocycles. The maximum Gasteiger partial charge on any atom is 0.188 e. The van der Waals surface area contributed by atoms with E-state index in [1.807, 2.05) is 36.4 Å². The summed E-state index contributed by atoms with van der Waals surface area (Å²) >= 11 is 7.03. The van der Waals surface area contributed by atoms with E-state index in [9.17, 15) is 4.79 Å². The van der Waals surface area contributed by atoms with E-state index < -0.39 is 0 Å². The van der Waals surface area contributed by atoms with E-state index in [-0.39, 0.29) is 17.9 Å². The molecule has 0 N–H and O–H groups in total. The molecule has 2 saturated heterocycles. The first kappa shape index (κ1) is 17.9. The number of rotatable bonds is 2. The van der Waals surface area contributed by atoms with Gasteiger partial charge in [-0.3, -0.25) is 9.69 Å². The molecule has 0 spiro atoms. The Morgan fingerprint density at radius 3 is 1.77 bits per heavy atom. The Bertz CT molecular complexity index is 858. The molecule has 2 heterocycles. The number of fused-ring (bicyclic) bond motifs is 2. The molecule has 0 radical (unpaired) electrons. The van der Waals surface area contributed by atoms with E-state index in [1.54, 1.807) is 0 Å². The first-order chi connectivity index (χ1) is 12.5. The van der Waals surface area contributed by atoms with Gasteiger partial charge in [0.15, 0.2) is 5.78 Å². The summed E-state index contributed by atoms with van der Waals surface area (Å²) in [6.45, 7) is 0. The first-order valence-electron chi connectivity index (χ1n) is 8.74. The third kappa shape index (κ3) is 3.38. The first-order valence-corrected chi connectivity index (χ1v) is 10.3. The van der Waals surface area contributed by atoms with Crippen LogP contribution < -0.4 is 0 Å². The van der Waals surface area contributed by atoms with Gasteiger partial charge in [0.05, 0.1) is 0 Å². The van der Waals surface area contributed by atoms with Gasteiger partial charge in [0.2, 0.25) is 0 Å². The fraction of sp³-hybridized carbons (Fsp3) is 0.227. The number of halogens is 2. The van der Waals surface area contributed by atoms with E-state index in [1.165, 1.54) is 0 Å². The largest absolute Gasteiger partial charge is 0.292 e. The van der Waals surface area contributed by atoms with Gasteiger partial charge in [-0.1, -0.05) is 56.1 Å². The maximum absolute atomic E-state index is 13.3. The Morgan fingerprint density at radius 2 is 1.35 bits per heavy atom. The van der Waals surface area contributed by atoms with Crippen molar-refractivity contribution in [3.8, 4) is 0 Å². The summed E-state index contributed by atoms with van der Waals surface area (Å²) in [4.78, 5) is 15.7. The van der Waals surface area contributed by atoms with Crippen molar-refractivity contribution < 1.29 is 4.79 Å². The highest BCUT2D eigenvalue weighted by Crippen LogP contribution is 2.40. The van der Waals surface area contributed by atoms with Gasteiger partial charge >= 0.3 is 0 Å². The zero-order chi connectivity index (χ0) is 18.3. The highest BCUT2D eigenvalue weighted by Gasteiger charge is 2.44. The van der Waals surface area contributed by atoms with Crippen molar-refractivity contribution >= 4 is 49.8 Å². The maximum atomic E-state index is 13.3. The Hall–Kier alpha value is -1.49. The van der Waals surface area contributed by atoms with Crippen LogP contribution >= 0.6 is 31.9 Å². The molecule has 0 saturated carbocycles. The third-order valence-electron chi connectivity index (χ3n) is 5.28. The lowest BCUT2D eigenvalue weighted by Gasteiger charge is -2.34. The van der Waals surface area contributed by atoms with Crippen molar-refractivity contribution in [3.63, 3.8) is 0 Å². The van der Waals surface area contributed by atoms with Crippen LogP contribution in [0.15, 0.2) is 68.6 Å². The summed E-state index contributed by atoms with van der Waals surface area (Å²) in [6.07, 6.45) is 6.18. The topological polar surface area (TPSA) is 20.3 Å². The number of carbonyl (C=O) groups excluding carboxylic acids is 1. The van der Waals surface area contributed by atoms with Crippen molar-refractivity contribution in [3.05, 3.63) is 79.7 Å². The molecular weight excluding hydrogens is 454 g/mol. The molecule has 2 atom stereocenters. The summed E-state index contributed by atoms with van der Waals surface area (Å²) in [5.74, 6) is 0.190. The second-order valence-corrected chi connectivity index (χ2v) is 8.74. The van der Waals surface area contributed by atoms with Crippen molar-refractivity contribution in [2.24, 2.45) is 0 Å². The summed E-state index contributed by atoms with van der Waals surface area (Å²) in [5.41, 5.74) is 3.92. The van der Waals surface area contributed by atoms with Crippen LogP contribution in [-0.4, -0.2) is 29.8 Å². The van der Waals surface area contributed by atoms with E-state index in [0.717, 1.165) is 44.1 Å². The van der Waals surface area contributed by atoms with Crippen molar-refractivity contribution in [1.82, 2.24) is 4.90 Å². The van der Waals surface area contributed by atoms with Crippen LogP contribution in [0.5, 0.6) is 0 Å². The summed E-state index contributed by atoms with van der Waals surface area (Å²) in [5, 5.41) is 0. The standard InChI is InChI=1S/C22H19Br2NO/c1-25-20-8-9-21(25)19(13-15-5-3-7-17(24)11-15)22(26)18(20)12-14-4-2-6-16(23)10-14/h2-7,10-13,20-21H,8-9H2,1H3/b18-12+,19-13+. The average molecular weight is 473 g/mol. The second-order valence-electron chi connectivity index (χ2n) is 6.91. The minimum Gasteiger partial charge on any atom is -0.292 e. The molecular formula is C22H19Br2NO. The normalized spacial score (nSPS) is 26.0. The van der Waals surface area contributed by atoms with Crippen LogP contribution in [0.25, 0.3) is 12.2 Å². The number of carbonyl (C=O) groups is 1. The molecule has 2 aliphatic heterocycles. The van der Waals surface area contributed by atoms with Gasteiger partial charge < -0.3 is 0 Å². The molecule has 2 bridgehead atoms. The SMILES string of the molecule is CN1C2CCC1/C(=C\c1cccc(Br)c1)C(=O)/C2=C/c1cccc(Br)c1. The number of Topliss-reactive ketones (excluding diaryl/α,β-unsaturated/α-hetero) is 1. The fourth-order valence-corrected chi connectivity index (χ4v) is 4.87. The highest BCUT2D eigenvalue weighted by molar-refractivity contribution is 9.10. The van der Waals surface area contributed by atoms with Gasteiger partial charge in [-0.2, -0.15) is 0 Å². The average Bonchev–Trinajstić information content (AvgIpc) is 2.92.